The van der Waals surface area contributed by atoms with E-state index in [1.54, 1.807) is 30.3 Å². The van der Waals surface area contributed by atoms with Crippen molar-refractivity contribution in [1.29, 1.82) is 0 Å². The molecule has 0 bridgehead atoms. The highest BCUT2D eigenvalue weighted by Gasteiger charge is 2.27. The van der Waals surface area contributed by atoms with Gasteiger partial charge in [0.2, 0.25) is 5.91 Å². The molecule has 0 saturated carbocycles. The molecule has 1 atom stereocenters. The molecule has 0 spiro atoms. The lowest BCUT2D eigenvalue weighted by Gasteiger charge is -2.10. The Kier molecular flexibility index (Phi) is 4.61. The summed E-state index contributed by atoms with van der Waals surface area (Å²) in [4.78, 5) is 22.2. The van der Waals surface area contributed by atoms with Gasteiger partial charge in [0.25, 0.3) is 0 Å². The number of amides is 1. The van der Waals surface area contributed by atoms with E-state index in [2.05, 4.69) is 0 Å². The molecule has 1 aromatic carbocycles. The SMILES string of the molecule is CC(=O)C(CS(=O)(=O)Cc1ccccc1)C(N)=O. The zero-order chi connectivity index (χ0) is 13.8. The summed E-state index contributed by atoms with van der Waals surface area (Å²) in [5.74, 6) is -3.44. The Balaban J connectivity index is 2.82. The molecule has 0 saturated heterocycles. The fourth-order valence-corrected chi connectivity index (χ4v) is 3.27. The first-order valence-corrected chi connectivity index (χ1v) is 7.18. The zero-order valence-electron chi connectivity index (χ0n) is 10.00. The fraction of sp³-hybridized carbons (Fsp3) is 0.333. The number of carbonyl (C=O) groups excluding carboxylic acids is 2. The number of primary amides is 1. The maximum absolute atomic E-state index is 11.9. The van der Waals surface area contributed by atoms with Gasteiger partial charge in [-0.25, -0.2) is 8.42 Å². The number of sulfone groups is 1. The first kappa shape index (κ1) is 14.4. The van der Waals surface area contributed by atoms with Crippen LogP contribution in [0, 0.1) is 5.92 Å². The van der Waals surface area contributed by atoms with Gasteiger partial charge in [0.1, 0.15) is 11.7 Å². The molecule has 5 nitrogen and oxygen atoms in total. The normalized spacial score (nSPS) is 12.9. The Hall–Kier alpha value is -1.69. The van der Waals surface area contributed by atoms with Crippen molar-refractivity contribution in [3.63, 3.8) is 0 Å². The molecule has 0 heterocycles. The summed E-state index contributed by atoms with van der Waals surface area (Å²) in [6.07, 6.45) is 0. The number of ketones is 1. The van der Waals surface area contributed by atoms with Gasteiger partial charge in [-0.15, -0.1) is 0 Å². The van der Waals surface area contributed by atoms with E-state index in [0.29, 0.717) is 5.56 Å². The second-order valence-electron chi connectivity index (χ2n) is 4.11. The summed E-state index contributed by atoms with van der Waals surface area (Å²) in [6, 6.07) is 8.57. The van der Waals surface area contributed by atoms with E-state index in [0.717, 1.165) is 6.92 Å². The van der Waals surface area contributed by atoms with Gasteiger partial charge in [0, 0.05) is 0 Å². The molecule has 6 heteroatoms. The van der Waals surface area contributed by atoms with Gasteiger partial charge >= 0.3 is 0 Å². The van der Waals surface area contributed by atoms with E-state index in [4.69, 9.17) is 5.73 Å². The second-order valence-corrected chi connectivity index (χ2v) is 6.21. The minimum atomic E-state index is -3.55. The third-order valence-electron chi connectivity index (χ3n) is 2.48. The van der Waals surface area contributed by atoms with Crippen LogP contribution in [0.1, 0.15) is 12.5 Å². The predicted molar refractivity (Wildman–Crippen MR) is 67.3 cm³/mol. The summed E-state index contributed by atoms with van der Waals surface area (Å²) in [7, 11) is -3.55. The van der Waals surface area contributed by atoms with Crippen molar-refractivity contribution < 1.29 is 18.0 Å². The quantitative estimate of drug-likeness (QED) is 0.751. The smallest absolute Gasteiger partial charge is 0.229 e. The highest BCUT2D eigenvalue weighted by Crippen LogP contribution is 2.10. The van der Waals surface area contributed by atoms with Crippen LogP contribution in [-0.4, -0.2) is 25.9 Å². The maximum atomic E-state index is 11.9. The fourth-order valence-electron chi connectivity index (χ4n) is 1.54. The molecular formula is C12H15NO4S. The van der Waals surface area contributed by atoms with Crippen molar-refractivity contribution in [3.05, 3.63) is 35.9 Å². The van der Waals surface area contributed by atoms with E-state index in [-0.39, 0.29) is 5.75 Å². The number of hydrogen-bond acceptors (Lipinski definition) is 4. The highest BCUT2D eigenvalue weighted by molar-refractivity contribution is 7.90. The average molecular weight is 269 g/mol. The average Bonchev–Trinajstić information content (AvgIpc) is 2.26. The third-order valence-corrected chi connectivity index (χ3v) is 4.10. The standard InChI is InChI=1S/C12H15NO4S/c1-9(14)11(12(13)15)8-18(16,17)7-10-5-3-2-4-6-10/h2-6,11H,7-8H2,1H3,(H2,13,15). The van der Waals surface area contributed by atoms with Crippen LogP contribution >= 0.6 is 0 Å². The Morgan fingerprint density at radius 2 is 1.78 bits per heavy atom. The molecule has 0 aliphatic carbocycles. The number of hydrogen-bond donors (Lipinski definition) is 1. The minimum Gasteiger partial charge on any atom is -0.369 e. The molecule has 1 rings (SSSR count). The molecule has 1 unspecified atom stereocenters. The van der Waals surface area contributed by atoms with Crippen LogP contribution in [0.5, 0.6) is 0 Å². The molecule has 0 aromatic heterocycles. The lowest BCUT2D eigenvalue weighted by Crippen LogP contribution is -2.35. The molecule has 0 aliphatic rings. The lowest BCUT2D eigenvalue weighted by atomic mass is 10.1. The molecule has 2 N–H and O–H groups in total. The van der Waals surface area contributed by atoms with Gasteiger partial charge in [-0.2, -0.15) is 0 Å². The van der Waals surface area contributed by atoms with Crippen molar-refractivity contribution in [2.45, 2.75) is 12.7 Å². The van der Waals surface area contributed by atoms with Crippen LogP contribution in [0.3, 0.4) is 0 Å². The van der Waals surface area contributed by atoms with Crippen LogP contribution in [-0.2, 0) is 25.2 Å². The van der Waals surface area contributed by atoms with Crippen molar-refractivity contribution in [3.8, 4) is 0 Å². The number of rotatable bonds is 6. The van der Waals surface area contributed by atoms with Gasteiger partial charge in [-0.1, -0.05) is 30.3 Å². The molecule has 0 radical (unpaired) electrons. The summed E-state index contributed by atoms with van der Waals surface area (Å²) in [5, 5.41) is 0. The van der Waals surface area contributed by atoms with E-state index >= 15 is 0 Å². The van der Waals surface area contributed by atoms with E-state index in [1.807, 2.05) is 0 Å². The van der Waals surface area contributed by atoms with E-state index in [1.165, 1.54) is 0 Å². The number of carbonyl (C=O) groups is 2. The first-order valence-electron chi connectivity index (χ1n) is 5.36. The molecule has 1 aromatic rings. The third kappa shape index (κ3) is 4.29. The summed E-state index contributed by atoms with van der Waals surface area (Å²) >= 11 is 0. The maximum Gasteiger partial charge on any atom is 0.229 e. The van der Waals surface area contributed by atoms with Crippen molar-refractivity contribution in [1.82, 2.24) is 0 Å². The second kappa shape index (κ2) is 5.77. The van der Waals surface area contributed by atoms with Gasteiger partial charge in [-0.05, 0) is 12.5 Å². The van der Waals surface area contributed by atoms with Crippen LogP contribution in [0.15, 0.2) is 30.3 Å². The predicted octanol–water partition coefficient (Wildman–Crippen LogP) is 0.292. The Morgan fingerprint density at radius 1 is 1.22 bits per heavy atom. The van der Waals surface area contributed by atoms with Gasteiger partial charge < -0.3 is 5.73 Å². The summed E-state index contributed by atoms with van der Waals surface area (Å²) in [6.45, 7) is 1.16. The number of nitrogens with two attached hydrogens (primary N) is 1. The van der Waals surface area contributed by atoms with Crippen LogP contribution in [0.2, 0.25) is 0 Å². The molecular weight excluding hydrogens is 254 g/mol. The molecule has 0 aliphatic heterocycles. The molecule has 1 amide bonds. The zero-order valence-corrected chi connectivity index (χ0v) is 10.8. The Labute approximate surface area is 106 Å². The van der Waals surface area contributed by atoms with Gasteiger partial charge in [0.05, 0.1) is 11.5 Å². The Bertz CT molecular complexity index is 522. The minimum absolute atomic E-state index is 0.203. The Morgan fingerprint density at radius 3 is 2.22 bits per heavy atom. The van der Waals surface area contributed by atoms with Crippen molar-refractivity contribution in [2.75, 3.05) is 5.75 Å². The number of benzene rings is 1. The highest BCUT2D eigenvalue weighted by atomic mass is 32.2. The van der Waals surface area contributed by atoms with Crippen molar-refractivity contribution >= 4 is 21.5 Å². The molecule has 18 heavy (non-hydrogen) atoms. The monoisotopic (exact) mass is 269 g/mol. The lowest BCUT2D eigenvalue weighted by molar-refractivity contribution is -0.130. The van der Waals surface area contributed by atoms with Crippen molar-refractivity contribution in [2.24, 2.45) is 11.7 Å². The molecule has 0 fully saturated rings. The summed E-state index contributed by atoms with van der Waals surface area (Å²) in [5.41, 5.74) is 5.63. The van der Waals surface area contributed by atoms with Crippen LogP contribution in [0.4, 0.5) is 0 Å². The van der Waals surface area contributed by atoms with E-state index < -0.39 is 33.2 Å². The van der Waals surface area contributed by atoms with E-state index in [9.17, 15) is 18.0 Å². The summed E-state index contributed by atoms with van der Waals surface area (Å²) < 4.78 is 23.7. The first-order chi connectivity index (χ1) is 8.32. The van der Waals surface area contributed by atoms with Gasteiger partial charge in [0.15, 0.2) is 9.84 Å². The van der Waals surface area contributed by atoms with Crippen LogP contribution < -0.4 is 5.73 Å². The topological polar surface area (TPSA) is 94.3 Å². The largest absolute Gasteiger partial charge is 0.369 e. The van der Waals surface area contributed by atoms with Gasteiger partial charge in [-0.3, -0.25) is 9.59 Å². The van der Waals surface area contributed by atoms with Crippen LogP contribution in [0.25, 0.3) is 0 Å². The molecule has 98 valence electrons. The number of Topliss-reactive ketones (excluding diaryl/α,β-unsaturated/α-hetero) is 1.